The van der Waals surface area contributed by atoms with Crippen LogP contribution in [0, 0.1) is 0 Å². The van der Waals surface area contributed by atoms with Gasteiger partial charge in [-0.3, -0.25) is 4.79 Å². The van der Waals surface area contributed by atoms with Crippen molar-refractivity contribution in [2.45, 2.75) is 57.8 Å². The summed E-state index contributed by atoms with van der Waals surface area (Å²) in [4.78, 5) is 17.6. The second-order valence-electron chi connectivity index (χ2n) is 7.68. The molecule has 7 heteroatoms. The van der Waals surface area contributed by atoms with Crippen LogP contribution < -0.4 is 16.4 Å². The molecule has 2 aromatic heterocycles. The molecule has 152 valence electrons. The lowest BCUT2D eigenvalue weighted by atomic mass is 9.91. The van der Waals surface area contributed by atoms with Gasteiger partial charge in [-0.05, 0) is 38.2 Å². The van der Waals surface area contributed by atoms with Crippen molar-refractivity contribution in [1.82, 2.24) is 20.1 Å². The number of benzene rings is 1. The fraction of sp³-hybridized carbons (Fsp3) is 0.409. The van der Waals surface area contributed by atoms with E-state index in [1.165, 1.54) is 0 Å². The second kappa shape index (κ2) is 8.61. The van der Waals surface area contributed by atoms with Gasteiger partial charge in [0.25, 0.3) is 5.91 Å². The number of hydrogen-bond donors (Lipinski definition) is 3. The van der Waals surface area contributed by atoms with E-state index in [2.05, 4.69) is 20.7 Å². The van der Waals surface area contributed by atoms with Crippen LogP contribution in [0.3, 0.4) is 0 Å². The molecule has 29 heavy (non-hydrogen) atoms. The summed E-state index contributed by atoms with van der Waals surface area (Å²) >= 11 is 0. The predicted octanol–water partition coefficient (Wildman–Crippen LogP) is 3.06. The smallest absolute Gasteiger partial charge is 0.255 e. The van der Waals surface area contributed by atoms with E-state index >= 15 is 0 Å². The number of hydrogen-bond acceptors (Lipinski definition) is 5. The summed E-state index contributed by atoms with van der Waals surface area (Å²) in [6.45, 7) is 3.23. The molecule has 1 fully saturated rings. The van der Waals surface area contributed by atoms with Crippen molar-refractivity contribution in [3.05, 3.63) is 53.9 Å². The molecule has 1 saturated carbocycles. The molecule has 1 aliphatic rings. The molecule has 0 radical (unpaired) electrons. The Kier molecular flexibility index (Phi) is 5.76. The minimum Gasteiger partial charge on any atom is -0.381 e. The van der Waals surface area contributed by atoms with Gasteiger partial charge in [-0.15, -0.1) is 0 Å². The van der Waals surface area contributed by atoms with Gasteiger partial charge in [-0.25, -0.2) is 9.67 Å². The van der Waals surface area contributed by atoms with E-state index in [-0.39, 0.29) is 18.0 Å². The number of aryl methyl sites for hydroxylation is 1. The van der Waals surface area contributed by atoms with Crippen LogP contribution in [-0.2, 0) is 13.1 Å². The number of anilines is 1. The SMILES string of the molecule is CCn1ncc2c(NC3CCCC(N)C3)c(C(=O)NCc3ccccc3)cnc21. The first-order valence-corrected chi connectivity index (χ1v) is 10.3. The zero-order chi connectivity index (χ0) is 20.2. The highest BCUT2D eigenvalue weighted by Gasteiger charge is 2.24. The third-order valence-corrected chi connectivity index (χ3v) is 5.57. The summed E-state index contributed by atoms with van der Waals surface area (Å²) in [6.07, 6.45) is 7.55. The number of carbonyl (C=O) groups excluding carboxylic acids is 1. The van der Waals surface area contributed by atoms with Gasteiger partial charge < -0.3 is 16.4 Å². The summed E-state index contributed by atoms with van der Waals surface area (Å²) in [6, 6.07) is 10.3. The maximum absolute atomic E-state index is 13.0. The standard InChI is InChI=1S/C22H28N6O/c1-2-28-21-18(14-26-28)20(27-17-10-6-9-16(23)11-17)19(13-24-21)22(29)25-12-15-7-4-3-5-8-15/h3-5,7-8,13-14,16-17H,2,6,9-12,23H2,1H3,(H,24,27)(H,25,29). The number of pyridine rings is 1. The minimum atomic E-state index is -0.143. The molecule has 3 aromatic rings. The minimum absolute atomic E-state index is 0.143. The topological polar surface area (TPSA) is 97.9 Å². The Bertz CT molecular complexity index is 984. The van der Waals surface area contributed by atoms with E-state index in [1.54, 1.807) is 12.4 Å². The Balaban J connectivity index is 1.63. The van der Waals surface area contributed by atoms with Crippen LogP contribution in [-0.4, -0.2) is 32.8 Å². The zero-order valence-electron chi connectivity index (χ0n) is 16.8. The average molecular weight is 393 g/mol. The van der Waals surface area contributed by atoms with Gasteiger partial charge in [0.15, 0.2) is 5.65 Å². The summed E-state index contributed by atoms with van der Waals surface area (Å²) in [5.74, 6) is -0.143. The molecule has 1 aliphatic carbocycles. The quantitative estimate of drug-likeness (QED) is 0.599. The largest absolute Gasteiger partial charge is 0.381 e. The summed E-state index contributed by atoms with van der Waals surface area (Å²) in [7, 11) is 0. The van der Waals surface area contributed by atoms with Gasteiger partial charge in [0.1, 0.15) is 0 Å². The zero-order valence-corrected chi connectivity index (χ0v) is 16.8. The van der Waals surface area contributed by atoms with Gasteiger partial charge in [0.2, 0.25) is 0 Å². The molecule has 0 saturated heterocycles. The number of carbonyl (C=O) groups is 1. The van der Waals surface area contributed by atoms with Crippen molar-refractivity contribution >= 4 is 22.6 Å². The Morgan fingerprint density at radius 1 is 1.24 bits per heavy atom. The second-order valence-corrected chi connectivity index (χ2v) is 7.68. The van der Waals surface area contributed by atoms with Crippen LogP contribution in [0.4, 0.5) is 5.69 Å². The lowest BCUT2D eigenvalue weighted by Gasteiger charge is -2.29. The molecule has 1 amide bonds. The van der Waals surface area contributed by atoms with E-state index in [1.807, 2.05) is 41.9 Å². The van der Waals surface area contributed by atoms with Crippen LogP contribution in [0.25, 0.3) is 11.0 Å². The number of nitrogens with zero attached hydrogens (tertiary/aromatic N) is 3. The number of nitrogens with one attached hydrogen (secondary N) is 2. The predicted molar refractivity (Wildman–Crippen MR) is 115 cm³/mol. The summed E-state index contributed by atoms with van der Waals surface area (Å²) < 4.78 is 1.85. The van der Waals surface area contributed by atoms with E-state index in [9.17, 15) is 4.79 Å². The van der Waals surface area contributed by atoms with E-state index in [4.69, 9.17) is 5.73 Å². The maximum atomic E-state index is 13.0. The summed E-state index contributed by atoms with van der Waals surface area (Å²) in [5, 5.41) is 11.9. The van der Waals surface area contributed by atoms with Gasteiger partial charge in [0, 0.05) is 31.4 Å². The van der Waals surface area contributed by atoms with Crippen molar-refractivity contribution in [3.8, 4) is 0 Å². The molecule has 0 bridgehead atoms. The third kappa shape index (κ3) is 4.24. The Hall–Kier alpha value is -2.93. The van der Waals surface area contributed by atoms with Crippen LogP contribution in [0.2, 0.25) is 0 Å². The number of aromatic nitrogens is 3. The maximum Gasteiger partial charge on any atom is 0.255 e. The van der Waals surface area contributed by atoms with Crippen molar-refractivity contribution in [2.75, 3.05) is 5.32 Å². The Labute approximate surface area is 170 Å². The van der Waals surface area contributed by atoms with Gasteiger partial charge in [-0.2, -0.15) is 5.10 Å². The Morgan fingerprint density at radius 3 is 2.83 bits per heavy atom. The number of fused-ring (bicyclic) bond motifs is 1. The average Bonchev–Trinajstić information content (AvgIpc) is 3.17. The van der Waals surface area contributed by atoms with Crippen LogP contribution in [0.1, 0.15) is 48.5 Å². The first-order valence-electron chi connectivity index (χ1n) is 10.3. The highest BCUT2D eigenvalue weighted by atomic mass is 16.1. The molecule has 0 aliphatic heterocycles. The first kappa shape index (κ1) is 19.4. The molecule has 2 heterocycles. The first-order chi connectivity index (χ1) is 14.2. The number of amides is 1. The van der Waals surface area contributed by atoms with Crippen molar-refractivity contribution in [3.63, 3.8) is 0 Å². The lowest BCUT2D eigenvalue weighted by Crippen LogP contribution is -2.35. The highest BCUT2D eigenvalue weighted by Crippen LogP contribution is 2.29. The van der Waals surface area contributed by atoms with E-state index < -0.39 is 0 Å². The lowest BCUT2D eigenvalue weighted by molar-refractivity contribution is 0.0951. The molecule has 4 N–H and O–H groups in total. The van der Waals surface area contributed by atoms with Gasteiger partial charge in [0.05, 0.1) is 22.8 Å². The molecular formula is C22H28N6O. The normalized spacial score (nSPS) is 19.2. The fourth-order valence-electron chi connectivity index (χ4n) is 4.02. The van der Waals surface area contributed by atoms with E-state index in [0.29, 0.717) is 12.1 Å². The molecule has 4 rings (SSSR count). The molecule has 2 unspecified atom stereocenters. The number of rotatable bonds is 6. The molecule has 7 nitrogen and oxygen atoms in total. The molecule has 1 aromatic carbocycles. The van der Waals surface area contributed by atoms with Crippen molar-refractivity contribution in [1.29, 1.82) is 0 Å². The fourth-order valence-corrected chi connectivity index (χ4v) is 4.02. The Morgan fingerprint density at radius 2 is 2.07 bits per heavy atom. The van der Waals surface area contributed by atoms with Crippen molar-refractivity contribution in [2.24, 2.45) is 5.73 Å². The number of nitrogens with two attached hydrogens (primary N) is 1. The third-order valence-electron chi connectivity index (χ3n) is 5.57. The van der Waals surface area contributed by atoms with Crippen molar-refractivity contribution < 1.29 is 4.79 Å². The van der Waals surface area contributed by atoms with Crippen LogP contribution in [0.5, 0.6) is 0 Å². The molecule has 0 spiro atoms. The van der Waals surface area contributed by atoms with Crippen LogP contribution >= 0.6 is 0 Å². The highest BCUT2D eigenvalue weighted by molar-refractivity contribution is 6.06. The molecule has 2 atom stereocenters. The van der Waals surface area contributed by atoms with Gasteiger partial charge >= 0.3 is 0 Å². The van der Waals surface area contributed by atoms with E-state index in [0.717, 1.165) is 54.5 Å². The molecular weight excluding hydrogens is 364 g/mol. The van der Waals surface area contributed by atoms with Gasteiger partial charge in [-0.1, -0.05) is 30.3 Å². The van der Waals surface area contributed by atoms with Crippen LogP contribution in [0.15, 0.2) is 42.7 Å². The monoisotopic (exact) mass is 392 g/mol. The summed E-state index contributed by atoms with van der Waals surface area (Å²) in [5.41, 5.74) is 9.37.